The minimum absolute atomic E-state index is 0.0150. The molecule has 0 spiro atoms. The number of hydrogen-bond donors (Lipinski definition) is 2. The van der Waals surface area contributed by atoms with E-state index in [0.717, 1.165) is 21.7 Å². The molecule has 1 aromatic heterocycles. The summed E-state index contributed by atoms with van der Waals surface area (Å²) in [6, 6.07) is 23.9. The highest BCUT2D eigenvalue weighted by atomic mass is 32.1. The van der Waals surface area contributed by atoms with E-state index in [1.165, 1.54) is 23.5 Å². The molecule has 10 heteroatoms. The maximum absolute atomic E-state index is 13.7. The third-order valence-corrected chi connectivity index (χ3v) is 7.00. The van der Waals surface area contributed by atoms with Gasteiger partial charge in [-0.2, -0.15) is 0 Å². The first kappa shape index (κ1) is 29.4. The Morgan fingerprint density at radius 1 is 0.902 bits per heavy atom. The Hall–Kier alpha value is -4.57. The van der Waals surface area contributed by atoms with Crippen LogP contribution in [-0.4, -0.2) is 33.6 Å². The summed E-state index contributed by atoms with van der Waals surface area (Å²) in [6.45, 7) is 5.27. The van der Waals surface area contributed by atoms with E-state index >= 15 is 0 Å². The zero-order chi connectivity index (χ0) is 29.4. The molecule has 4 aromatic rings. The molecule has 2 amide bonds. The third-order valence-electron chi connectivity index (χ3n) is 6.09. The summed E-state index contributed by atoms with van der Waals surface area (Å²) >= 11 is 1.46. The van der Waals surface area contributed by atoms with Crippen LogP contribution in [0.15, 0.2) is 90.3 Å². The lowest BCUT2D eigenvalue weighted by molar-refractivity contribution is -0.384. The lowest BCUT2D eigenvalue weighted by atomic mass is 10.0. The minimum atomic E-state index is -0.918. The van der Waals surface area contributed by atoms with Crippen LogP contribution in [0.5, 0.6) is 0 Å². The number of nitro groups is 1. The monoisotopic (exact) mass is 572 g/mol. The lowest BCUT2D eigenvalue weighted by Gasteiger charge is -2.25. The molecule has 0 saturated heterocycles. The number of non-ortho nitro benzene ring substituents is 1. The number of amides is 2. The van der Waals surface area contributed by atoms with Crippen molar-refractivity contribution in [1.82, 2.24) is 15.6 Å². The standard InChI is InChI=1S/C31H32N4O5S/c1-31(2,3)40-30(37)34-26(19-21-10-6-4-7-11-21)28(36)32-25(18-22-14-16-24(17-15-22)35(38)39)27-20-41-29(33-27)23-12-8-5-9-13-23/h4-17,20,25-26H,18-19H2,1-3H3,(H,32,36)(H,34,37)/t25-,26-/m0/s1. The molecule has 0 aliphatic heterocycles. The van der Waals surface area contributed by atoms with Gasteiger partial charge in [-0.1, -0.05) is 72.8 Å². The summed E-state index contributed by atoms with van der Waals surface area (Å²) in [5.41, 5.74) is 2.52. The highest BCUT2D eigenvalue weighted by molar-refractivity contribution is 7.13. The minimum Gasteiger partial charge on any atom is -0.444 e. The molecule has 3 aromatic carbocycles. The molecule has 0 unspecified atom stereocenters. The van der Waals surface area contributed by atoms with Gasteiger partial charge < -0.3 is 15.4 Å². The SMILES string of the molecule is CC(C)(C)OC(=O)N[C@@H](Cc1ccccc1)C(=O)N[C@@H](Cc1ccc([N+](=O)[O-])cc1)c1csc(-c2ccccc2)n1. The van der Waals surface area contributed by atoms with Crippen molar-refractivity contribution in [3.63, 3.8) is 0 Å². The molecule has 212 valence electrons. The van der Waals surface area contributed by atoms with Gasteiger partial charge >= 0.3 is 6.09 Å². The van der Waals surface area contributed by atoms with Crippen molar-refractivity contribution < 1.29 is 19.2 Å². The number of nitrogens with zero attached hydrogens (tertiary/aromatic N) is 2. The summed E-state index contributed by atoms with van der Waals surface area (Å²) in [5.74, 6) is -0.402. The normalized spacial score (nSPS) is 12.7. The first-order valence-corrected chi connectivity index (χ1v) is 14.0. The number of thiazole rings is 1. The summed E-state index contributed by atoms with van der Waals surface area (Å²) in [5, 5.41) is 19.6. The Bertz CT molecular complexity index is 1470. The van der Waals surface area contributed by atoms with Gasteiger partial charge in [-0.3, -0.25) is 14.9 Å². The number of hydrogen-bond acceptors (Lipinski definition) is 7. The number of nitro benzene ring substituents is 1. The van der Waals surface area contributed by atoms with E-state index < -0.39 is 34.6 Å². The molecular formula is C31H32N4O5S. The van der Waals surface area contributed by atoms with E-state index in [2.05, 4.69) is 10.6 Å². The van der Waals surface area contributed by atoms with Crippen molar-refractivity contribution in [1.29, 1.82) is 0 Å². The van der Waals surface area contributed by atoms with Crippen LogP contribution < -0.4 is 10.6 Å². The zero-order valence-electron chi connectivity index (χ0n) is 23.1. The van der Waals surface area contributed by atoms with Crippen LogP contribution in [0.4, 0.5) is 10.5 Å². The van der Waals surface area contributed by atoms with Crippen molar-refractivity contribution in [2.45, 2.75) is 51.3 Å². The molecule has 0 aliphatic carbocycles. The number of rotatable bonds is 10. The van der Waals surface area contributed by atoms with Gasteiger partial charge in [0.05, 0.1) is 16.7 Å². The summed E-state index contributed by atoms with van der Waals surface area (Å²) in [7, 11) is 0. The Balaban J connectivity index is 1.61. The molecule has 2 N–H and O–H groups in total. The Morgan fingerprint density at radius 3 is 2.12 bits per heavy atom. The predicted octanol–water partition coefficient (Wildman–Crippen LogP) is 6.25. The topological polar surface area (TPSA) is 123 Å². The molecule has 1 heterocycles. The number of benzene rings is 3. The van der Waals surface area contributed by atoms with Crippen molar-refractivity contribution in [3.8, 4) is 10.6 Å². The fraction of sp³-hybridized carbons (Fsp3) is 0.258. The molecule has 0 bridgehead atoms. The maximum atomic E-state index is 13.7. The third kappa shape index (κ3) is 8.71. The van der Waals surface area contributed by atoms with Crippen LogP contribution >= 0.6 is 11.3 Å². The van der Waals surface area contributed by atoms with Gasteiger partial charge in [0.25, 0.3) is 5.69 Å². The Kier molecular flexibility index (Phi) is 9.46. The molecule has 9 nitrogen and oxygen atoms in total. The summed E-state index contributed by atoms with van der Waals surface area (Å²) in [4.78, 5) is 41.9. The maximum Gasteiger partial charge on any atom is 0.408 e. The smallest absolute Gasteiger partial charge is 0.408 e. The Morgan fingerprint density at radius 2 is 1.51 bits per heavy atom. The quantitative estimate of drug-likeness (QED) is 0.171. The van der Waals surface area contributed by atoms with Crippen molar-refractivity contribution >= 4 is 29.0 Å². The second-order valence-electron chi connectivity index (χ2n) is 10.5. The first-order chi connectivity index (χ1) is 19.6. The average Bonchev–Trinajstić information content (AvgIpc) is 3.43. The second kappa shape index (κ2) is 13.2. The molecule has 0 fully saturated rings. The highest BCUT2D eigenvalue weighted by Gasteiger charge is 2.28. The number of aromatic nitrogens is 1. The van der Waals surface area contributed by atoms with Crippen LogP contribution in [0, 0.1) is 10.1 Å². The number of ether oxygens (including phenoxy) is 1. The van der Waals surface area contributed by atoms with Crippen LogP contribution in [-0.2, 0) is 22.4 Å². The fourth-order valence-electron chi connectivity index (χ4n) is 4.16. The van der Waals surface area contributed by atoms with Gasteiger partial charge in [-0.25, -0.2) is 9.78 Å². The zero-order valence-corrected chi connectivity index (χ0v) is 23.9. The van der Waals surface area contributed by atoms with Gasteiger partial charge in [0.1, 0.15) is 16.7 Å². The molecule has 0 aliphatic rings. The second-order valence-corrected chi connectivity index (χ2v) is 11.4. The predicted molar refractivity (Wildman–Crippen MR) is 159 cm³/mol. The van der Waals surface area contributed by atoms with E-state index in [4.69, 9.17) is 9.72 Å². The fourth-order valence-corrected chi connectivity index (χ4v) is 5.04. The summed E-state index contributed by atoms with van der Waals surface area (Å²) in [6.07, 6.45) is -0.102. The molecule has 2 atom stereocenters. The van der Waals surface area contributed by atoms with Crippen LogP contribution in [0.1, 0.15) is 43.6 Å². The van der Waals surface area contributed by atoms with Crippen molar-refractivity contribution in [3.05, 3.63) is 117 Å². The number of nitrogens with one attached hydrogen (secondary N) is 2. The van der Waals surface area contributed by atoms with E-state index in [9.17, 15) is 19.7 Å². The number of alkyl carbamates (subject to hydrolysis) is 1. The van der Waals surface area contributed by atoms with E-state index in [1.54, 1.807) is 32.9 Å². The van der Waals surface area contributed by atoms with Crippen LogP contribution in [0.25, 0.3) is 10.6 Å². The molecule has 41 heavy (non-hydrogen) atoms. The van der Waals surface area contributed by atoms with E-state index in [0.29, 0.717) is 12.1 Å². The van der Waals surface area contributed by atoms with Gasteiger partial charge in [-0.05, 0) is 38.3 Å². The lowest BCUT2D eigenvalue weighted by Crippen LogP contribution is -2.50. The summed E-state index contributed by atoms with van der Waals surface area (Å²) < 4.78 is 5.43. The number of carbonyl (C=O) groups excluding carboxylic acids is 2. The van der Waals surface area contributed by atoms with Crippen LogP contribution in [0.3, 0.4) is 0 Å². The first-order valence-electron chi connectivity index (χ1n) is 13.2. The van der Waals surface area contributed by atoms with Gasteiger partial charge in [-0.15, -0.1) is 11.3 Å². The average molecular weight is 573 g/mol. The van der Waals surface area contributed by atoms with Gasteiger partial charge in [0, 0.05) is 29.5 Å². The van der Waals surface area contributed by atoms with Gasteiger partial charge in [0.15, 0.2) is 0 Å². The van der Waals surface area contributed by atoms with Crippen molar-refractivity contribution in [2.24, 2.45) is 0 Å². The van der Waals surface area contributed by atoms with Crippen LogP contribution in [0.2, 0.25) is 0 Å². The molecule has 0 radical (unpaired) electrons. The molecule has 0 saturated carbocycles. The highest BCUT2D eigenvalue weighted by Crippen LogP contribution is 2.28. The largest absolute Gasteiger partial charge is 0.444 e. The van der Waals surface area contributed by atoms with E-state index in [1.807, 2.05) is 66.0 Å². The van der Waals surface area contributed by atoms with Crippen molar-refractivity contribution in [2.75, 3.05) is 0 Å². The molecule has 4 rings (SSSR count). The Labute approximate surface area is 242 Å². The number of carbonyl (C=O) groups is 2. The molecular weight excluding hydrogens is 540 g/mol. The van der Waals surface area contributed by atoms with Gasteiger partial charge in [0.2, 0.25) is 5.91 Å². The van der Waals surface area contributed by atoms with E-state index in [-0.39, 0.29) is 12.1 Å².